The Morgan fingerprint density at radius 1 is 1.43 bits per heavy atom. The van der Waals surface area contributed by atoms with Crippen molar-refractivity contribution in [3.05, 3.63) is 0 Å². The summed E-state index contributed by atoms with van der Waals surface area (Å²) in [6, 6.07) is -0.536. The van der Waals surface area contributed by atoms with Crippen LogP contribution < -0.4 is 5.32 Å². The number of aliphatic carboxylic acids is 1. The van der Waals surface area contributed by atoms with Gasteiger partial charge in [0, 0.05) is 13.1 Å². The second-order valence-corrected chi connectivity index (χ2v) is 5.62. The lowest BCUT2D eigenvalue weighted by Gasteiger charge is -2.35. The van der Waals surface area contributed by atoms with E-state index >= 15 is 0 Å². The highest BCUT2D eigenvalue weighted by atomic mass is 16.5. The van der Waals surface area contributed by atoms with Crippen LogP contribution >= 0.6 is 0 Å². The summed E-state index contributed by atoms with van der Waals surface area (Å²) in [5, 5.41) is 11.9. The average Bonchev–Trinajstić information content (AvgIpc) is 2.47. The molecule has 0 aromatic rings. The van der Waals surface area contributed by atoms with Crippen molar-refractivity contribution in [1.82, 2.24) is 10.2 Å². The topological polar surface area (TPSA) is 78.9 Å². The number of nitrogens with zero attached hydrogens (tertiary/aromatic N) is 1. The highest BCUT2D eigenvalue weighted by Gasteiger charge is 2.29. The first kappa shape index (κ1) is 17.8. The Balaban J connectivity index is 2.45. The molecule has 1 heterocycles. The lowest BCUT2D eigenvalue weighted by molar-refractivity contribution is -0.139. The van der Waals surface area contributed by atoms with Gasteiger partial charge in [0.05, 0.1) is 25.7 Å². The lowest BCUT2D eigenvalue weighted by Crippen LogP contribution is -2.53. The molecule has 0 bridgehead atoms. The summed E-state index contributed by atoms with van der Waals surface area (Å²) >= 11 is 0. The third-order valence-electron chi connectivity index (χ3n) is 3.98. The SMILES string of the molecule is CCCCC(CC)CNC(=O)N1CCOCC1CC(=O)O. The van der Waals surface area contributed by atoms with Crippen molar-refractivity contribution in [3.63, 3.8) is 0 Å². The highest BCUT2D eigenvalue weighted by molar-refractivity contribution is 5.76. The number of rotatable bonds is 8. The van der Waals surface area contributed by atoms with Crippen LogP contribution in [0, 0.1) is 5.92 Å². The van der Waals surface area contributed by atoms with Crippen LogP contribution in [0.15, 0.2) is 0 Å². The van der Waals surface area contributed by atoms with Crippen LogP contribution in [0.4, 0.5) is 4.79 Å². The Hall–Kier alpha value is -1.30. The number of hydrogen-bond donors (Lipinski definition) is 2. The maximum atomic E-state index is 12.3. The number of carbonyl (C=O) groups excluding carboxylic acids is 1. The molecule has 1 aliphatic rings. The van der Waals surface area contributed by atoms with Crippen molar-refractivity contribution in [3.8, 4) is 0 Å². The minimum atomic E-state index is -0.905. The van der Waals surface area contributed by atoms with Crippen LogP contribution in [0.2, 0.25) is 0 Å². The van der Waals surface area contributed by atoms with Gasteiger partial charge in [-0.3, -0.25) is 4.79 Å². The van der Waals surface area contributed by atoms with Crippen LogP contribution in [0.1, 0.15) is 46.0 Å². The van der Waals surface area contributed by atoms with Crippen molar-refractivity contribution in [1.29, 1.82) is 0 Å². The van der Waals surface area contributed by atoms with E-state index in [1.54, 1.807) is 4.90 Å². The number of unbranched alkanes of at least 4 members (excludes halogenated alkanes) is 1. The fourth-order valence-corrected chi connectivity index (χ4v) is 2.57. The maximum absolute atomic E-state index is 12.3. The molecule has 2 unspecified atom stereocenters. The maximum Gasteiger partial charge on any atom is 0.317 e. The Kier molecular flexibility index (Phi) is 8.12. The standard InChI is InChI=1S/C15H28N2O4/c1-3-5-6-12(4-2)10-16-15(20)17-7-8-21-11-13(17)9-14(18)19/h12-13H,3-11H2,1-2H3,(H,16,20)(H,18,19). The van der Waals surface area contributed by atoms with Gasteiger partial charge >= 0.3 is 12.0 Å². The molecule has 0 aromatic heterocycles. The van der Waals surface area contributed by atoms with E-state index in [4.69, 9.17) is 9.84 Å². The molecule has 6 heteroatoms. The molecule has 2 amide bonds. The highest BCUT2D eigenvalue weighted by Crippen LogP contribution is 2.13. The number of carboxylic acids is 1. The molecule has 0 aromatic carbocycles. The number of amides is 2. The number of carbonyl (C=O) groups is 2. The number of ether oxygens (including phenoxy) is 1. The third-order valence-corrected chi connectivity index (χ3v) is 3.98. The van der Waals surface area contributed by atoms with E-state index in [1.165, 1.54) is 6.42 Å². The molecule has 1 saturated heterocycles. The predicted molar refractivity (Wildman–Crippen MR) is 80.3 cm³/mol. The molecule has 0 radical (unpaired) electrons. The number of nitrogens with one attached hydrogen (secondary N) is 1. The molecule has 2 N–H and O–H groups in total. The second-order valence-electron chi connectivity index (χ2n) is 5.62. The monoisotopic (exact) mass is 300 g/mol. The zero-order chi connectivity index (χ0) is 15.7. The number of morpholine rings is 1. The molecule has 1 fully saturated rings. The van der Waals surface area contributed by atoms with Gasteiger partial charge in [-0.2, -0.15) is 0 Å². The van der Waals surface area contributed by atoms with Gasteiger partial charge in [-0.1, -0.05) is 33.1 Å². The van der Waals surface area contributed by atoms with Crippen LogP contribution in [0.3, 0.4) is 0 Å². The van der Waals surface area contributed by atoms with E-state index in [-0.39, 0.29) is 18.5 Å². The van der Waals surface area contributed by atoms with E-state index in [1.807, 2.05) is 0 Å². The molecule has 0 spiro atoms. The molecule has 2 atom stereocenters. The molecule has 1 aliphatic heterocycles. The Labute approximate surface area is 126 Å². The Morgan fingerprint density at radius 2 is 2.19 bits per heavy atom. The molecule has 21 heavy (non-hydrogen) atoms. The van der Waals surface area contributed by atoms with Gasteiger partial charge < -0.3 is 20.1 Å². The minimum Gasteiger partial charge on any atom is -0.481 e. The van der Waals surface area contributed by atoms with E-state index < -0.39 is 5.97 Å². The molecular weight excluding hydrogens is 272 g/mol. The Morgan fingerprint density at radius 3 is 2.81 bits per heavy atom. The predicted octanol–water partition coefficient (Wildman–Crippen LogP) is 2.09. The quantitative estimate of drug-likeness (QED) is 0.719. The van der Waals surface area contributed by atoms with Gasteiger partial charge in [0.25, 0.3) is 0 Å². The fourth-order valence-electron chi connectivity index (χ4n) is 2.57. The van der Waals surface area contributed by atoms with Gasteiger partial charge in [-0.05, 0) is 12.3 Å². The summed E-state index contributed by atoms with van der Waals surface area (Å²) in [6.07, 6.45) is 4.43. The minimum absolute atomic E-state index is 0.0690. The number of hydrogen-bond acceptors (Lipinski definition) is 3. The molecule has 1 rings (SSSR count). The van der Waals surface area contributed by atoms with Gasteiger partial charge in [-0.15, -0.1) is 0 Å². The number of carboxylic acid groups (broad SMARTS) is 1. The van der Waals surface area contributed by atoms with E-state index in [0.717, 1.165) is 19.3 Å². The summed E-state index contributed by atoms with van der Waals surface area (Å²) in [5.74, 6) is -0.412. The van der Waals surface area contributed by atoms with Crippen molar-refractivity contribution in [2.75, 3.05) is 26.3 Å². The molecule has 122 valence electrons. The second kappa shape index (κ2) is 9.60. The van der Waals surface area contributed by atoms with Crippen molar-refractivity contribution < 1.29 is 19.4 Å². The van der Waals surface area contributed by atoms with E-state index in [9.17, 15) is 9.59 Å². The molecule has 0 aliphatic carbocycles. The Bertz CT molecular complexity index is 336. The zero-order valence-electron chi connectivity index (χ0n) is 13.1. The van der Waals surface area contributed by atoms with Crippen molar-refractivity contribution in [2.45, 2.75) is 52.0 Å². The van der Waals surface area contributed by atoms with Crippen LogP contribution in [-0.2, 0) is 9.53 Å². The van der Waals surface area contributed by atoms with Crippen molar-refractivity contribution in [2.24, 2.45) is 5.92 Å². The van der Waals surface area contributed by atoms with Crippen molar-refractivity contribution >= 4 is 12.0 Å². The summed E-state index contributed by atoms with van der Waals surface area (Å²) < 4.78 is 5.28. The first-order valence-corrected chi connectivity index (χ1v) is 7.92. The molecular formula is C15H28N2O4. The van der Waals surface area contributed by atoms with Crippen LogP contribution in [-0.4, -0.2) is 54.4 Å². The van der Waals surface area contributed by atoms with Gasteiger partial charge in [0.15, 0.2) is 0 Å². The smallest absolute Gasteiger partial charge is 0.317 e. The van der Waals surface area contributed by atoms with Gasteiger partial charge in [-0.25, -0.2) is 4.79 Å². The first-order chi connectivity index (χ1) is 10.1. The molecule has 6 nitrogen and oxygen atoms in total. The van der Waals surface area contributed by atoms with Crippen LogP contribution in [0.5, 0.6) is 0 Å². The molecule has 0 saturated carbocycles. The first-order valence-electron chi connectivity index (χ1n) is 7.92. The average molecular weight is 300 g/mol. The summed E-state index contributed by atoms with van der Waals surface area (Å²) in [4.78, 5) is 24.7. The largest absolute Gasteiger partial charge is 0.481 e. The van der Waals surface area contributed by atoms with E-state index in [0.29, 0.717) is 32.2 Å². The normalized spacial score (nSPS) is 20.1. The lowest BCUT2D eigenvalue weighted by atomic mass is 9.99. The van der Waals surface area contributed by atoms with E-state index in [2.05, 4.69) is 19.2 Å². The summed E-state index contributed by atoms with van der Waals surface area (Å²) in [7, 11) is 0. The number of urea groups is 1. The fraction of sp³-hybridized carbons (Fsp3) is 0.867. The third kappa shape index (κ3) is 6.33. The van der Waals surface area contributed by atoms with Gasteiger partial charge in [0.1, 0.15) is 0 Å². The summed E-state index contributed by atoms with van der Waals surface area (Å²) in [5.41, 5.74) is 0. The zero-order valence-corrected chi connectivity index (χ0v) is 13.1. The van der Waals surface area contributed by atoms with Crippen LogP contribution in [0.25, 0.3) is 0 Å². The van der Waals surface area contributed by atoms with Gasteiger partial charge in [0.2, 0.25) is 0 Å². The summed E-state index contributed by atoms with van der Waals surface area (Å²) in [6.45, 7) is 6.18.